The van der Waals surface area contributed by atoms with E-state index in [4.69, 9.17) is 34.8 Å². The highest BCUT2D eigenvalue weighted by molar-refractivity contribution is 7.98. The van der Waals surface area contributed by atoms with Crippen molar-refractivity contribution >= 4 is 68.2 Å². The summed E-state index contributed by atoms with van der Waals surface area (Å²) in [6, 6.07) is 17.7. The fraction of sp³-hybridized carbons (Fsp3) is 0.136. The maximum atomic E-state index is 12.5. The standard InChI is InChI=1S/C22H19Cl3N2O3S2/c23-18-7-4-8-19(24)17(18)14-31-12-11-26-22(28)15-9-10-21(20(25)13-15)27-32(29,30)16-5-2-1-3-6-16/h1-10,13,27H,11-12,14H2,(H,26,28). The van der Waals surface area contributed by atoms with Crippen LogP contribution in [-0.4, -0.2) is 26.6 Å². The van der Waals surface area contributed by atoms with E-state index < -0.39 is 10.0 Å². The van der Waals surface area contributed by atoms with Crippen molar-refractivity contribution in [3.8, 4) is 0 Å². The number of amides is 1. The molecule has 0 aromatic heterocycles. The van der Waals surface area contributed by atoms with Gasteiger partial charge < -0.3 is 5.32 Å². The van der Waals surface area contributed by atoms with Gasteiger partial charge in [-0.1, -0.05) is 59.1 Å². The maximum absolute atomic E-state index is 12.5. The monoisotopic (exact) mass is 528 g/mol. The first-order valence-corrected chi connectivity index (χ1v) is 13.2. The quantitative estimate of drug-likeness (QED) is 0.328. The van der Waals surface area contributed by atoms with E-state index >= 15 is 0 Å². The van der Waals surface area contributed by atoms with E-state index in [2.05, 4.69) is 10.0 Å². The predicted molar refractivity (Wildman–Crippen MR) is 134 cm³/mol. The minimum absolute atomic E-state index is 0.119. The average molecular weight is 530 g/mol. The maximum Gasteiger partial charge on any atom is 0.261 e. The van der Waals surface area contributed by atoms with Gasteiger partial charge in [-0.25, -0.2) is 8.42 Å². The number of halogens is 3. The zero-order valence-corrected chi connectivity index (χ0v) is 20.5. The fourth-order valence-electron chi connectivity index (χ4n) is 2.73. The Labute approximate surface area is 206 Å². The number of thioether (sulfide) groups is 1. The Balaban J connectivity index is 1.52. The Morgan fingerprint density at radius 2 is 1.56 bits per heavy atom. The van der Waals surface area contributed by atoms with Crippen molar-refractivity contribution in [2.24, 2.45) is 0 Å². The summed E-state index contributed by atoms with van der Waals surface area (Å²) in [7, 11) is -3.78. The van der Waals surface area contributed by atoms with Crippen LogP contribution in [0.5, 0.6) is 0 Å². The molecule has 0 aliphatic heterocycles. The van der Waals surface area contributed by atoms with Gasteiger partial charge >= 0.3 is 0 Å². The average Bonchev–Trinajstić information content (AvgIpc) is 2.77. The van der Waals surface area contributed by atoms with E-state index in [-0.39, 0.29) is 21.5 Å². The van der Waals surface area contributed by atoms with E-state index in [1.807, 2.05) is 0 Å². The Kier molecular flexibility index (Phi) is 8.73. The van der Waals surface area contributed by atoms with Gasteiger partial charge in [-0.05, 0) is 48.0 Å². The Hall–Kier alpha value is -1.90. The molecule has 0 radical (unpaired) electrons. The number of benzene rings is 3. The summed E-state index contributed by atoms with van der Waals surface area (Å²) >= 11 is 20.1. The van der Waals surface area contributed by atoms with Crippen LogP contribution in [0.3, 0.4) is 0 Å². The molecule has 0 unspecified atom stereocenters. The molecule has 0 aliphatic carbocycles. The van der Waals surface area contributed by atoms with Crippen LogP contribution in [0.4, 0.5) is 5.69 Å². The van der Waals surface area contributed by atoms with Gasteiger partial charge in [0.15, 0.2) is 0 Å². The van der Waals surface area contributed by atoms with E-state index in [1.165, 1.54) is 30.3 Å². The third-order valence-corrected chi connectivity index (χ3v) is 7.76. The first kappa shape index (κ1) is 24.7. The zero-order valence-electron chi connectivity index (χ0n) is 16.6. The van der Waals surface area contributed by atoms with Crippen LogP contribution in [0.2, 0.25) is 15.1 Å². The van der Waals surface area contributed by atoms with Gasteiger partial charge in [0.2, 0.25) is 0 Å². The fourth-order valence-corrected chi connectivity index (χ4v) is 5.71. The zero-order chi connectivity index (χ0) is 23.1. The number of nitrogens with one attached hydrogen (secondary N) is 2. The normalized spacial score (nSPS) is 11.2. The highest BCUT2D eigenvalue weighted by Gasteiger charge is 2.16. The summed E-state index contributed by atoms with van der Waals surface area (Å²) in [6.45, 7) is 0.436. The van der Waals surface area contributed by atoms with Gasteiger partial charge in [-0.3, -0.25) is 9.52 Å². The minimum atomic E-state index is -3.78. The molecule has 0 bridgehead atoms. The summed E-state index contributed by atoms with van der Waals surface area (Å²) in [6.07, 6.45) is 0. The van der Waals surface area contributed by atoms with Crippen LogP contribution in [0.25, 0.3) is 0 Å². The molecule has 3 aromatic carbocycles. The number of anilines is 1. The Bertz CT molecular complexity index is 1190. The topological polar surface area (TPSA) is 75.3 Å². The summed E-state index contributed by atoms with van der Waals surface area (Å²) < 4.78 is 27.3. The number of rotatable bonds is 9. The van der Waals surface area contributed by atoms with Crippen LogP contribution in [0, 0.1) is 0 Å². The van der Waals surface area contributed by atoms with Gasteiger partial charge in [0.25, 0.3) is 15.9 Å². The molecule has 0 atom stereocenters. The third kappa shape index (κ3) is 6.56. The van der Waals surface area contributed by atoms with Crippen LogP contribution in [0.15, 0.2) is 71.6 Å². The van der Waals surface area contributed by atoms with Crippen LogP contribution in [-0.2, 0) is 15.8 Å². The molecule has 0 heterocycles. The molecule has 0 spiro atoms. The lowest BCUT2D eigenvalue weighted by molar-refractivity contribution is 0.0956. The molecule has 3 rings (SSSR count). The molecule has 5 nitrogen and oxygen atoms in total. The second kappa shape index (κ2) is 11.3. The molecule has 1 amide bonds. The minimum Gasteiger partial charge on any atom is -0.351 e. The molecule has 0 fully saturated rings. The van der Waals surface area contributed by atoms with E-state index in [0.29, 0.717) is 33.7 Å². The second-order valence-corrected chi connectivity index (χ2v) is 10.6. The largest absolute Gasteiger partial charge is 0.351 e. The molecule has 168 valence electrons. The summed E-state index contributed by atoms with van der Waals surface area (Å²) in [5.41, 5.74) is 1.39. The van der Waals surface area contributed by atoms with Crippen molar-refractivity contribution in [1.29, 1.82) is 0 Å². The van der Waals surface area contributed by atoms with Gasteiger partial charge in [0.1, 0.15) is 0 Å². The summed E-state index contributed by atoms with van der Waals surface area (Å²) in [4.78, 5) is 12.5. The molecular formula is C22H19Cl3N2O3S2. The van der Waals surface area contributed by atoms with E-state index in [0.717, 1.165) is 5.56 Å². The molecule has 3 aromatic rings. The highest BCUT2D eigenvalue weighted by Crippen LogP contribution is 2.28. The molecule has 0 saturated carbocycles. The highest BCUT2D eigenvalue weighted by atomic mass is 35.5. The van der Waals surface area contributed by atoms with Gasteiger partial charge in [0.05, 0.1) is 15.6 Å². The van der Waals surface area contributed by atoms with E-state index in [9.17, 15) is 13.2 Å². The summed E-state index contributed by atoms with van der Waals surface area (Å²) in [5.74, 6) is 0.993. The third-order valence-electron chi connectivity index (χ3n) is 4.37. The first-order chi connectivity index (χ1) is 15.3. The van der Waals surface area contributed by atoms with Crippen molar-refractivity contribution < 1.29 is 13.2 Å². The smallest absolute Gasteiger partial charge is 0.261 e. The van der Waals surface area contributed by atoms with Crippen LogP contribution < -0.4 is 10.0 Å². The first-order valence-electron chi connectivity index (χ1n) is 9.44. The van der Waals surface area contributed by atoms with Crippen molar-refractivity contribution in [2.75, 3.05) is 17.0 Å². The van der Waals surface area contributed by atoms with Gasteiger partial charge in [0, 0.05) is 33.7 Å². The Morgan fingerprint density at radius 1 is 0.875 bits per heavy atom. The molecule has 0 aliphatic rings. The lowest BCUT2D eigenvalue weighted by atomic mass is 10.2. The van der Waals surface area contributed by atoms with Crippen molar-refractivity contribution in [3.63, 3.8) is 0 Å². The second-order valence-electron chi connectivity index (χ2n) is 6.62. The molecule has 32 heavy (non-hydrogen) atoms. The van der Waals surface area contributed by atoms with Gasteiger partial charge in [-0.15, -0.1) is 0 Å². The molecule has 2 N–H and O–H groups in total. The number of sulfonamides is 1. The SMILES string of the molecule is O=C(NCCSCc1c(Cl)cccc1Cl)c1ccc(NS(=O)(=O)c2ccccc2)c(Cl)c1. The van der Waals surface area contributed by atoms with E-state index in [1.54, 1.807) is 48.2 Å². The van der Waals surface area contributed by atoms with Crippen LogP contribution in [0.1, 0.15) is 15.9 Å². The number of carbonyl (C=O) groups excluding carboxylic acids is 1. The molecule has 10 heteroatoms. The predicted octanol–water partition coefficient (Wildman–Crippen LogP) is 6.11. The summed E-state index contributed by atoms with van der Waals surface area (Å²) in [5, 5.41) is 4.17. The van der Waals surface area contributed by atoms with Crippen molar-refractivity contribution in [2.45, 2.75) is 10.6 Å². The van der Waals surface area contributed by atoms with Crippen LogP contribution >= 0.6 is 46.6 Å². The number of carbonyl (C=O) groups is 1. The number of hydrogen-bond acceptors (Lipinski definition) is 4. The van der Waals surface area contributed by atoms with Gasteiger partial charge in [-0.2, -0.15) is 11.8 Å². The Morgan fingerprint density at radius 3 is 2.22 bits per heavy atom. The lowest BCUT2D eigenvalue weighted by Gasteiger charge is -2.11. The number of hydrogen-bond donors (Lipinski definition) is 2. The molecule has 0 saturated heterocycles. The lowest BCUT2D eigenvalue weighted by Crippen LogP contribution is -2.25. The van der Waals surface area contributed by atoms with Crippen molar-refractivity contribution in [3.05, 3.63) is 92.9 Å². The molecular weight excluding hydrogens is 511 g/mol. The van der Waals surface area contributed by atoms with Crippen molar-refractivity contribution in [1.82, 2.24) is 5.32 Å².